The molecule has 4 nitrogen and oxygen atoms in total. The molecule has 4 aromatic carbocycles. The largest absolute Gasteiger partial charge is 0.462 e. The highest BCUT2D eigenvalue weighted by atomic mass is 79.9. The predicted octanol–water partition coefficient (Wildman–Crippen LogP) is 10.7. The Kier molecular flexibility index (Phi) is 14.2. The molecule has 0 radical (unpaired) electrons. The van der Waals surface area contributed by atoms with Crippen molar-refractivity contribution in [2.45, 2.75) is 60.1 Å². The van der Waals surface area contributed by atoms with Gasteiger partial charge in [-0.25, -0.2) is 9.59 Å². The highest BCUT2D eigenvalue weighted by molar-refractivity contribution is 9.10. The zero-order valence-electron chi connectivity index (χ0n) is 24.1. The average molecular weight is 731 g/mol. The van der Waals surface area contributed by atoms with Crippen LogP contribution in [0.15, 0.2) is 113 Å². The van der Waals surface area contributed by atoms with Crippen LogP contribution in [0.3, 0.4) is 0 Å². The predicted molar refractivity (Wildman–Crippen MR) is 180 cm³/mol. The first-order chi connectivity index (χ1) is 20.3. The van der Waals surface area contributed by atoms with Gasteiger partial charge in [0, 0.05) is 28.5 Å². The van der Waals surface area contributed by atoms with E-state index in [1.165, 1.54) is 20.9 Å². The van der Waals surface area contributed by atoms with Gasteiger partial charge in [-0.1, -0.05) is 69.2 Å². The molecule has 0 aliphatic heterocycles. The summed E-state index contributed by atoms with van der Waals surface area (Å²) in [5.74, 6) is -0.545. The van der Waals surface area contributed by atoms with Crippen molar-refractivity contribution in [2.24, 2.45) is 0 Å². The Morgan fingerprint density at radius 2 is 0.881 bits per heavy atom. The highest BCUT2D eigenvalue weighted by Crippen LogP contribution is 2.32. The van der Waals surface area contributed by atoms with Gasteiger partial charge in [-0.2, -0.15) is 0 Å². The van der Waals surface area contributed by atoms with Gasteiger partial charge < -0.3 is 9.47 Å². The second-order valence-electron chi connectivity index (χ2n) is 8.91. The number of hydrogen-bond acceptors (Lipinski definition) is 6. The minimum absolute atomic E-state index is 0.272. The van der Waals surface area contributed by atoms with Crippen molar-refractivity contribution in [3.8, 4) is 0 Å². The molecule has 0 fully saturated rings. The number of rotatable bonds is 10. The summed E-state index contributed by atoms with van der Waals surface area (Å²) in [6.07, 6.45) is 1.99. The molecular formula is C34H34Br2O4S2. The van der Waals surface area contributed by atoms with E-state index in [2.05, 4.69) is 82.1 Å². The van der Waals surface area contributed by atoms with Crippen LogP contribution in [-0.2, 0) is 22.3 Å². The lowest BCUT2D eigenvalue weighted by molar-refractivity contribution is 0.0516. The Bertz CT molecular complexity index is 1360. The zero-order valence-corrected chi connectivity index (χ0v) is 28.9. The van der Waals surface area contributed by atoms with Crippen molar-refractivity contribution in [3.05, 3.63) is 116 Å². The summed E-state index contributed by atoms with van der Waals surface area (Å²) < 4.78 is 12.2. The summed E-state index contributed by atoms with van der Waals surface area (Å²) in [5, 5.41) is 0. The normalized spacial score (nSPS) is 10.4. The van der Waals surface area contributed by atoms with E-state index in [1.54, 1.807) is 61.6 Å². The van der Waals surface area contributed by atoms with Gasteiger partial charge in [-0.3, -0.25) is 0 Å². The third-order valence-corrected chi connectivity index (χ3v) is 9.54. The first kappa shape index (κ1) is 34.0. The van der Waals surface area contributed by atoms with Gasteiger partial charge in [-0.05, 0) is 123 Å². The summed E-state index contributed by atoms with van der Waals surface area (Å²) in [6, 6.07) is 27.7. The fourth-order valence-corrected chi connectivity index (χ4v) is 6.61. The molecule has 4 aromatic rings. The van der Waals surface area contributed by atoms with Crippen molar-refractivity contribution in [3.63, 3.8) is 0 Å². The molecule has 0 saturated heterocycles. The van der Waals surface area contributed by atoms with Gasteiger partial charge in [0.05, 0.1) is 24.3 Å². The molecule has 42 heavy (non-hydrogen) atoms. The van der Waals surface area contributed by atoms with E-state index < -0.39 is 0 Å². The monoisotopic (exact) mass is 728 g/mol. The number of carbonyl (C=O) groups excluding carboxylic acids is 2. The number of halogens is 2. The number of benzene rings is 4. The van der Waals surface area contributed by atoms with E-state index in [0.29, 0.717) is 24.3 Å². The topological polar surface area (TPSA) is 52.6 Å². The van der Waals surface area contributed by atoms with Crippen LogP contribution in [0.5, 0.6) is 0 Å². The van der Waals surface area contributed by atoms with Crippen molar-refractivity contribution >= 4 is 67.3 Å². The average Bonchev–Trinajstić information content (AvgIpc) is 3.00. The molecule has 0 saturated carbocycles. The Hall–Kier alpha value is -2.52. The summed E-state index contributed by atoms with van der Waals surface area (Å²) in [7, 11) is 0. The van der Waals surface area contributed by atoms with E-state index in [1.807, 2.05) is 24.3 Å². The first-order valence-corrected chi connectivity index (χ1v) is 17.0. The Morgan fingerprint density at radius 3 is 1.19 bits per heavy atom. The standard InChI is InChI=1S/2C17H17BrO2S/c2*1-3-12-11-15(9-10-16(12)18)21-14-7-5-13(6-8-14)17(19)20-4-2/h2*5-11H,3-4H2,1-2H3. The molecule has 0 aromatic heterocycles. The van der Waals surface area contributed by atoms with E-state index in [4.69, 9.17) is 9.47 Å². The highest BCUT2D eigenvalue weighted by Gasteiger charge is 2.08. The number of esters is 2. The second-order valence-corrected chi connectivity index (χ2v) is 12.9. The Morgan fingerprint density at radius 1 is 0.548 bits per heavy atom. The molecular weight excluding hydrogens is 696 g/mol. The van der Waals surface area contributed by atoms with E-state index in [-0.39, 0.29) is 11.9 Å². The van der Waals surface area contributed by atoms with Gasteiger partial charge >= 0.3 is 11.9 Å². The zero-order chi connectivity index (χ0) is 30.5. The number of aryl methyl sites for hydroxylation is 2. The summed E-state index contributed by atoms with van der Waals surface area (Å²) in [4.78, 5) is 27.8. The fourth-order valence-electron chi connectivity index (χ4n) is 3.79. The molecule has 4 rings (SSSR count). The molecule has 0 N–H and O–H groups in total. The molecule has 0 heterocycles. The molecule has 0 spiro atoms. The van der Waals surface area contributed by atoms with Crippen molar-refractivity contribution in [1.82, 2.24) is 0 Å². The van der Waals surface area contributed by atoms with Gasteiger partial charge in [0.15, 0.2) is 0 Å². The van der Waals surface area contributed by atoms with Crippen LogP contribution in [0.2, 0.25) is 0 Å². The van der Waals surface area contributed by atoms with E-state index >= 15 is 0 Å². The molecule has 0 unspecified atom stereocenters. The lowest BCUT2D eigenvalue weighted by Crippen LogP contribution is -2.03. The summed E-state index contributed by atoms with van der Waals surface area (Å²) in [6.45, 7) is 8.69. The van der Waals surface area contributed by atoms with Crippen LogP contribution < -0.4 is 0 Å². The van der Waals surface area contributed by atoms with E-state index in [9.17, 15) is 9.59 Å². The van der Waals surface area contributed by atoms with Crippen LogP contribution in [-0.4, -0.2) is 25.2 Å². The van der Waals surface area contributed by atoms with Crippen LogP contribution in [0.4, 0.5) is 0 Å². The summed E-state index contributed by atoms with van der Waals surface area (Å²) >= 11 is 10.5. The molecule has 8 heteroatoms. The fraction of sp³-hybridized carbons (Fsp3) is 0.235. The Labute approximate surface area is 274 Å². The molecule has 0 atom stereocenters. The number of carbonyl (C=O) groups is 2. The van der Waals surface area contributed by atoms with Crippen LogP contribution in [0.1, 0.15) is 59.5 Å². The van der Waals surface area contributed by atoms with Crippen molar-refractivity contribution in [2.75, 3.05) is 13.2 Å². The third-order valence-electron chi connectivity index (χ3n) is 6.00. The van der Waals surface area contributed by atoms with Gasteiger partial charge in [0.2, 0.25) is 0 Å². The van der Waals surface area contributed by atoms with Crippen molar-refractivity contribution in [1.29, 1.82) is 0 Å². The second kappa shape index (κ2) is 17.6. The number of ether oxygens (including phenoxy) is 2. The first-order valence-electron chi connectivity index (χ1n) is 13.7. The molecule has 0 aliphatic rings. The maximum absolute atomic E-state index is 11.6. The minimum Gasteiger partial charge on any atom is -0.462 e. The smallest absolute Gasteiger partial charge is 0.338 e. The third kappa shape index (κ3) is 10.3. The molecule has 220 valence electrons. The lowest BCUT2D eigenvalue weighted by atomic mass is 10.2. The van der Waals surface area contributed by atoms with Crippen molar-refractivity contribution < 1.29 is 19.1 Å². The van der Waals surface area contributed by atoms with Crippen LogP contribution in [0.25, 0.3) is 0 Å². The maximum Gasteiger partial charge on any atom is 0.338 e. The maximum atomic E-state index is 11.6. The molecule has 0 amide bonds. The van der Waals surface area contributed by atoms with E-state index in [0.717, 1.165) is 31.6 Å². The number of hydrogen-bond donors (Lipinski definition) is 0. The quantitative estimate of drug-likeness (QED) is 0.152. The SMILES string of the molecule is CCOC(=O)c1ccc(Sc2ccc(Br)c(CC)c2)cc1.CCOC(=O)c1ccc(Sc2ccc(Br)c(CC)c2)cc1. The van der Waals surface area contributed by atoms with Gasteiger partial charge in [0.1, 0.15) is 0 Å². The van der Waals surface area contributed by atoms with Gasteiger partial charge in [-0.15, -0.1) is 0 Å². The van der Waals surface area contributed by atoms with Crippen LogP contribution in [0, 0.1) is 0 Å². The summed E-state index contributed by atoms with van der Waals surface area (Å²) in [5.41, 5.74) is 3.77. The van der Waals surface area contributed by atoms with Gasteiger partial charge in [0.25, 0.3) is 0 Å². The Balaban J connectivity index is 0.000000230. The lowest BCUT2D eigenvalue weighted by Gasteiger charge is -2.07. The minimum atomic E-state index is -0.272. The molecule has 0 aliphatic carbocycles. The van der Waals surface area contributed by atoms with Crippen LogP contribution >= 0.6 is 55.4 Å². The molecule has 0 bridgehead atoms.